The van der Waals surface area contributed by atoms with E-state index in [4.69, 9.17) is 9.47 Å². The number of nitrogens with zero attached hydrogens (tertiary/aromatic N) is 2. The number of amides is 2. The van der Waals surface area contributed by atoms with Crippen molar-refractivity contribution < 1.29 is 19.1 Å². The first-order chi connectivity index (χ1) is 16.1. The number of para-hydroxylation sites is 2. The lowest BCUT2D eigenvalue weighted by Gasteiger charge is -2.38. The van der Waals surface area contributed by atoms with E-state index < -0.39 is 12.0 Å². The highest BCUT2D eigenvalue weighted by Gasteiger charge is 2.34. The summed E-state index contributed by atoms with van der Waals surface area (Å²) in [5.74, 6) is 0.441. The molecule has 1 saturated heterocycles. The van der Waals surface area contributed by atoms with Gasteiger partial charge < -0.3 is 25.0 Å². The minimum atomic E-state index is -0.554. The third-order valence-electron chi connectivity index (χ3n) is 5.95. The summed E-state index contributed by atoms with van der Waals surface area (Å²) in [4.78, 5) is 29.7. The van der Waals surface area contributed by atoms with Gasteiger partial charge in [-0.3, -0.25) is 4.90 Å². The van der Waals surface area contributed by atoms with Gasteiger partial charge in [0.05, 0.1) is 31.0 Å². The van der Waals surface area contributed by atoms with Crippen molar-refractivity contribution >= 4 is 17.7 Å². The summed E-state index contributed by atoms with van der Waals surface area (Å²) >= 11 is 0. The van der Waals surface area contributed by atoms with E-state index in [0.29, 0.717) is 24.4 Å². The number of piperazine rings is 1. The van der Waals surface area contributed by atoms with Crippen molar-refractivity contribution in [2.75, 3.05) is 51.3 Å². The minimum absolute atomic E-state index is 0.323. The number of benzene rings is 2. The first-order valence-corrected chi connectivity index (χ1v) is 11.2. The maximum atomic E-state index is 12.7. The van der Waals surface area contributed by atoms with Crippen molar-refractivity contribution in [3.8, 4) is 5.75 Å². The van der Waals surface area contributed by atoms with Gasteiger partial charge in [0.1, 0.15) is 5.75 Å². The number of hydrogen-bond donors (Lipinski definition) is 2. The van der Waals surface area contributed by atoms with E-state index in [0.717, 1.165) is 43.2 Å². The highest BCUT2D eigenvalue weighted by molar-refractivity contribution is 5.95. The summed E-state index contributed by atoms with van der Waals surface area (Å²) < 4.78 is 10.9. The van der Waals surface area contributed by atoms with Crippen molar-refractivity contribution in [3.63, 3.8) is 0 Å². The molecule has 2 aliphatic rings. The second-order valence-electron chi connectivity index (χ2n) is 7.99. The minimum Gasteiger partial charge on any atom is -0.492 e. The maximum Gasteiger partial charge on any atom is 0.338 e. The van der Waals surface area contributed by atoms with Crippen molar-refractivity contribution in [3.05, 3.63) is 71.4 Å². The molecule has 8 nitrogen and oxygen atoms in total. The molecule has 2 heterocycles. The number of nitrogens with one attached hydrogen (secondary N) is 2. The Balaban J connectivity index is 1.52. The number of ether oxygens (including phenoxy) is 2. The zero-order valence-electron chi connectivity index (χ0n) is 19.0. The van der Waals surface area contributed by atoms with Gasteiger partial charge in [-0.05, 0) is 24.6 Å². The van der Waals surface area contributed by atoms with Crippen LogP contribution in [0, 0.1) is 0 Å². The summed E-state index contributed by atoms with van der Waals surface area (Å²) in [5, 5.41) is 5.71. The molecule has 0 saturated carbocycles. The van der Waals surface area contributed by atoms with E-state index in [-0.39, 0.29) is 6.03 Å². The summed E-state index contributed by atoms with van der Waals surface area (Å²) in [5.41, 5.74) is 2.95. The van der Waals surface area contributed by atoms with Crippen LogP contribution in [-0.2, 0) is 9.53 Å². The quantitative estimate of drug-likeness (QED) is 0.631. The standard InChI is InChI=1S/C25H30N4O4/c1-3-33-21-12-8-7-11-20(21)29-15-13-28(14-16-29)17-19-22(24(30)32-2)23(27-25(31)26-19)18-9-5-4-6-10-18/h4-12,23H,3,13-17H2,1-2H3,(H2,26,27,31). The van der Waals surface area contributed by atoms with E-state index >= 15 is 0 Å². The molecule has 174 valence electrons. The van der Waals surface area contributed by atoms with Crippen LogP contribution >= 0.6 is 0 Å². The van der Waals surface area contributed by atoms with Crippen LogP contribution < -0.4 is 20.3 Å². The molecular weight excluding hydrogens is 420 g/mol. The van der Waals surface area contributed by atoms with Crippen LogP contribution in [0.15, 0.2) is 65.9 Å². The zero-order valence-corrected chi connectivity index (χ0v) is 19.0. The van der Waals surface area contributed by atoms with Gasteiger partial charge >= 0.3 is 12.0 Å². The molecule has 0 radical (unpaired) electrons. The van der Waals surface area contributed by atoms with Gasteiger partial charge in [-0.1, -0.05) is 42.5 Å². The van der Waals surface area contributed by atoms with E-state index in [1.54, 1.807) is 0 Å². The molecule has 2 aromatic rings. The molecule has 2 N–H and O–H groups in total. The molecule has 0 aliphatic carbocycles. The van der Waals surface area contributed by atoms with E-state index in [1.165, 1.54) is 7.11 Å². The zero-order chi connectivity index (χ0) is 23.2. The second kappa shape index (κ2) is 10.4. The largest absolute Gasteiger partial charge is 0.492 e. The Morgan fingerprint density at radius 2 is 1.73 bits per heavy atom. The molecule has 1 atom stereocenters. The van der Waals surface area contributed by atoms with Crippen LogP contribution in [0.2, 0.25) is 0 Å². The molecule has 33 heavy (non-hydrogen) atoms. The number of hydrogen-bond acceptors (Lipinski definition) is 6. The lowest BCUT2D eigenvalue weighted by Crippen LogP contribution is -2.51. The number of methoxy groups -OCH3 is 1. The molecule has 2 aliphatic heterocycles. The molecule has 1 fully saturated rings. The van der Waals surface area contributed by atoms with Crippen LogP contribution in [0.1, 0.15) is 18.5 Å². The van der Waals surface area contributed by atoms with Crippen molar-refractivity contribution in [2.45, 2.75) is 13.0 Å². The highest BCUT2D eigenvalue weighted by atomic mass is 16.5. The second-order valence-corrected chi connectivity index (χ2v) is 7.99. The number of urea groups is 1. The van der Waals surface area contributed by atoms with Gasteiger partial charge in [-0.25, -0.2) is 9.59 Å². The fourth-order valence-corrected chi connectivity index (χ4v) is 4.36. The molecule has 2 amide bonds. The van der Waals surface area contributed by atoms with Crippen molar-refractivity contribution in [1.82, 2.24) is 15.5 Å². The Kier molecular flexibility index (Phi) is 7.14. The Morgan fingerprint density at radius 1 is 1.03 bits per heavy atom. The van der Waals surface area contributed by atoms with Crippen LogP contribution in [0.25, 0.3) is 0 Å². The van der Waals surface area contributed by atoms with E-state index in [1.807, 2.05) is 55.5 Å². The van der Waals surface area contributed by atoms with E-state index in [9.17, 15) is 9.59 Å². The first-order valence-electron chi connectivity index (χ1n) is 11.2. The summed E-state index contributed by atoms with van der Waals surface area (Å²) in [6.07, 6.45) is 0. The van der Waals surface area contributed by atoms with Crippen LogP contribution in [0.4, 0.5) is 10.5 Å². The van der Waals surface area contributed by atoms with Crippen LogP contribution in [0.3, 0.4) is 0 Å². The SMILES string of the molecule is CCOc1ccccc1N1CCN(CC2=C(C(=O)OC)C(c3ccccc3)NC(=O)N2)CC1. The lowest BCUT2D eigenvalue weighted by molar-refractivity contribution is -0.136. The maximum absolute atomic E-state index is 12.7. The van der Waals surface area contributed by atoms with Crippen molar-refractivity contribution in [1.29, 1.82) is 0 Å². The number of rotatable bonds is 7. The number of carbonyl (C=O) groups is 2. The van der Waals surface area contributed by atoms with Gasteiger partial charge in [0.2, 0.25) is 0 Å². The molecular formula is C25H30N4O4. The Hall–Kier alpha value is -3.52. The number of esters is 1. The normalized spacial score (nSPS) is 19.0. The Labute approximate surface area is 194 Å². The lowest BCUT2D eigenvalue weighted by atomic mass is 9.95. The number of anilines is 1. The van der Waals surface area contributed by atoms with Gasteiger partial charge in [-0.2, -0.15) is 0 Å². The Morgan fingerprint density at radius 3 is 2.42 bits per heavy atom. The molecule has 0 spiro atoms. The molecule has 1 unspecified atom stereocenters. The van der Waals surface area contributed by atoms with Gasteiger partial charge in [0, 0.05) is 38.4 Å². The molecule has 0 bridgehead atoms. The topological polar surface area (TPSA) is 83.1 Å². The summed E-state index contributed by atoms with van der Waals surface area (Å²) in [6, 6.07) is 16.7. The summed E-state index contributed by atoms with van der Waals surface area (Å²) in [6.45, 7) is 6.28. The third-order valence-corrected chi connectivity index (χ3v) is 5.95. The smallest absolute Gasteiger partial charge is 0.338 e. The number of carbonyl (C=O) groups excluding carboxylic acids is 2. The average molecular weight is 451 g/mol. The Bertz CT molecular complexity index is 1020. The monoisotopic (exact) mass is 450 g/mol. The predicted octanol–water partition coefficient (Wildman–Crippen LogP) is 2.69. The van der Waals surface area contributed by atoms with Gasteiger partial charge in [-0.15, -0.1) is 0 Å². The van der Waals surface area contributed by atoms with Crippen LogP contribution in [-0.4, -0.2) is 63.3 Å². The molecule has 4 rings (SSSR count). The van der Waals surface area contributed by atoms with E-state index in [2.05, 4.69) is 26.5 Å². The fraction of sp³-hybridized carbons (Fsp3) is 0.360. The summed E-state index contributed by atoms with van der Waals surface area (Å²) in [7, 11) is 1.36. The molecule has 0 aromatic heterocycles. The average Bonchev–Trinajstić information content (AvgIpc) is 2.85. The van der Waals surface area contributed by atoms with Crippen molar-refractivity contribution in [2.24, 2.45) is 0 Å². The third kappa shape index (κ3) is 5.12. The predicted molar refractivity (Wildman–Crippen MR) is 126 cm³/mol. The molecule has 8 heteroatoms. The van der Waals surface area contributed by atoms with Crippen LogP contribution in [0.5, 0.6) is 5.75 Å². The van der Waals surface area contributed by atoms with Gasteiger partial charge in [0.25, 0.3) is 0 Å². The highest BCUT2D eigenvalue weighted by Crippen LogP contribution is 2.30. The fourth-order valence-electron chi connectivity index (χ4n) is 4.36. The van der Waals surface area contributed by atoms with Gasteiger partial charge in [0.15, 0.2) is 0 Å². The molecule has 2 aromatic carbocycles. The first kappa shape index (κ1) is 22.7.